The molecule has 2 aliphatic heterocycles. The summed E-state index contributed by atoms with van der Waals surface area (Å²) in [5.74, 6) is 0.825. The number of hydrogen-bond donors (Lipinski definition) is 0. The zero-order valence-corrected chi connectivity index (χ0v) is 24.9. The van der Waals surface area contributed by atoms with Gasteiger partial charge in [-0.1, -0.05) is 0 Å². The molecule has 2 aliphatic rings. The van der Waals surface area contributed by atoms with Gasteiger partial charge in [0.2, 0.25) is 0 Å². The van der Waals surface area contributed by atoms with Crippen LogP contribution in [0.25, 0.3) is 16.9 Å². The maximum absolute atomic E-state index is 13.6. The minimum Gasteiger partial charge on any atom is -0.444 e. The van der Waals surface area contributed by atoms with Gasteiger partial charge in [0.15, 0.2) is 5.65 Å². The first kappa shape index (κ1) is 27.4. The molecule has 39 heavy (non-hydrogen) atoms. The Labute approximate surface area is 236 Å². The lowest BCUT2D eigenvalue weighted by atomic mass is 10.1. The van der Waals surface area contributed by atoms with E-state index in [1.54, 1.807) is 20.5 Å². The Hall–Kier alpha value is -3.19. The van der Waals surface area contributed by atoms with Crippen molar-refractivity contribution in [3.63, 3.8) is 0 Å². The van der Waals surface area contributed by atoms with E-state index in [2.05, 4.69) is 38.0 Å². The molecule has 5 heterocycles. The summed E-state index contributed by atoms with van der Waals surface area (Å²) in [5.41, 5.74) is 3.20. The zero-order valence-electron chi connectivity index (χ0n) is 23.3. The topological polar surface area (TPSA) is 110 Å². The number of ether oxygens (including phenoxy) is 2. The number of carbonyl (C=O) groups is 2. The molecule has 0 saturated carbocycles. The molecule has 0 unspecified atom stereocenters. The van der Waals surface area contributed by atoms with E-state index >= 15 is 0 Å². The van der Waals surface area contributed by atoms with Crippen molar-refractivity contribution in [2.75, 3.05) is 50.8 Å². The SMILES string of the molecule is Cc1nn(C(=O)N2CCN(C(=O)OC(C)(C)C)CC2)c(C)c1-c1cc(N2CCOC[C@H]2C)nc2c(Br)cnn12. The molecular formula is C26H35BrN8O4. The van der Waals surface area contributed by atoms with Gasteiger partial charge < -0.3 is 24.2 Å². The third-order valence-electron chi connectivity index (χ3n) is 7.01. The zero-order chi connectivity index (χ0) is 28.1. The number of hydrogen-bond acceptors (Lipinski definition) is 8. The van der Waals surface area contributed by atoms with Crippen LogP contribution in [0, 0.1) is 13.8 Å². The van der Waals surface area contributed by atoms with Gasteiger partial charge in [0, 0.05) is 44.4 Å². The van der Waals surface area contributed by atoms with E-state index in [-0.39, 0.29) is 18.2 Å². The smallest absolute Gasteiger partial charge is 0.410 e. The fraction of sp³-hybridized carbons (Fsp3) is 0.577. The number of rotatable bonds is 2. The Kier molecular flexibility index (Phi) is 7.31. The highest BCUT2D eigenvalue weighted by molar-refractivity contribution is 9.10. The molecule has 210 valence electrons. The molecule has 3 aromatic heterocycles. The summed E-state index contributed by atoms with van der Waals surface area (Å²) in [5, 5.41) is 9.21. The van der Waals surface area contributed by atoms with E-state index in [1.165, 1.54) is 4.68 Å². The number of fused-ring (bicyclic) bond motifs is 1. The van der Waals surface area contributed by atoms with Gasteiger partial charge in [0.25, 0.3) is 0 Å². The minimum absolute atomic E-state index is 0.175. The minimum atomic E-state index is -0.563. The first-order valence-corrected chi connectivity index (χ1v) is 14.0. The summed E-state index contributed by atoms with van der Waals surface area (Å²) in [6.07, 6.45) is 1.36. The predicted octanol–water partition coefficient (Wildman–Crippen LogP) is 3.72. The number of amides is 2. The molecule has 1 atom stereocenters. The van der Waals surface area contributed by atoms with Crippen LogP contribution < -0.4 is 4.90 Å². The number of aromatic nitrogens is 5. The summed E-state index contributed by atoms with van der Waals surface area (Å²) < 4.78 is 15.1. The normalized spacial score (nSPS) is 18.6. The molecule has 0 aliphatic carbocycles. The highest BCUT2D eigenvalue weighted by atomic mass is 79.9. The second-order valence-corrected chi connectivity index (χ2v) is 11.9. The monoisotopic (exact) mass is 602 g/mol. The van der Waals surface area contributed by atoms with Gasteiger partial charge in [-0.2, -0.15) is 14.9 Å². The Morgan fingerprint density at radius 2 is 1.79 bits per heavy atom. The molecule has 5 rings (SSSR count). The largest absolute Gasteiger partial charge is 0.444 e. The Morgan fingerprint density at radius 1 is 1.10 bits per heavy atom. The fourth-order valence-corrected chi connectivity index (χ4v) is 5.40. The third-order valence-corrected chi connectivity index (χ3v) is 7.57. The van der Waals surface area contributed by atoms with Crippen LogP contribution in [0.4, 0.5) is 15.4 Å². The average Bonchev–Trinajstić information content (AvgIpc) is 3.41. The second kappa shape index (κ2) is 10.4. The molecule has 2 amide bonds. The van der Waals surface area contributed by atoms with E-state index in [0.717, 1.165) is 28.1 Å². The maximum Gasteiger partial charge on any atom is 0.410 e. The van der Waals surface area contributed by atoms with Gasteiger partial charge in [-0.3, -0.25) is 0 Å². The number of piperazine rings is 1. The van der Waals surface area contributed by atoms with Crippen LogP contribution in [0.2, 0.25) is 0 Å². The van der Waals surface area contributed by atoms with Crippen molar-refractivity contribution >= 4 is 39.5 Å². The molecule has 13 heteroatoms. The van der Waals surface area contributed by atoms with Crippen molar-refractivity contribution in [2.45, 2.75) is 53.2 Å². The highest BCUT2D eigenvalue weighted by Crippen LogP contribution is 2.33. The molecule has 2 saturated heterocycles. The van der Waals surface area contributed by atoms with Gasteiger partial charge >= 0.3 is 12.1 Å². The van der Waals surface area contributed by atoms with Gasteiger partial charge in [0.1, 0.15) is 11.4 Å². The van der Waals surface area contributed by atoms with Crippen molar-refractivity contribution in [1.29, 1.82) is 0 Å². The quantitative estimate of drug-likeness (QED) is 0.436. The summed E-state index contributed by atoms with van der Waals surface area (Å²) in [6, 6.07) is 1.97. The molecular weight excluding hydrogens is 568 g/mol. The summed E-state index contributed by atoms with van der Waals surface area (Å²) in [6.45, 7) is 15.0. The van der Waals surface area contributed by atoms with Crippen molar-refractivity contribution in [1.82, 2.24) is 34.2 Å². The fourth-order valence-electron chi connectivity index (χ4n) is 5.06. The van der Waals surface area contributed by atoms with Gasteiger partial charge in [-0.15, -0.1) is 0 Å². The maximum atomic E-state index is 13.6. The number of carbonyl (C=O) groups excluding carboxylic acids is 2. The van der Waals surface area contributed by atoms with E-state index in [4.69, 9.17) is 14.5 Å². The standard InChI is InChI=1S/C26H35BrN8O4/c1-16-15-38-12-11-33(16)21-13-20(35-23(29-21)19(27)14-28-35)22-17(2)30-34(18(22)3)24(36)31-7-9-32(10-8-31)25(37)39-26(4,5)6/h13-14,16H,7-12,15H2,1-6H3/t16-/m1/s1. The molecule has 0 N–H and O–H groups in total. The number of morpholine rings is 1. The van der Waals surface area contributed by atoms with Crippen LogP contribution >= 0.6 is 15.9 Å². The van der Waals surface area contributed by atoms with Crippen LogP contribution in [0.5, 0.6) is 0 Å². The van der Waals surface area contributed by atoms with Gasteiger partial charge in [0.05, 0.1) is 47.0 Å². The van der Waals surface area contributed by atoms with Crippen molar-refractivity contribution in [2.24, 2.45) is 0 Å². The van der Waals surface area contributed by atoms with E-state index in [9.17, 15) is 9.59 Å². The van der Waals surface area contributed by atoms with Crippen LogP contribution in [0.15, 0.2) is 16.7 Å². The summed E-state index contributed by atoms with van der Waals surface area (Å²) in [7, 11) is 0. The van der Waals surface area contributed by atoms with Crippen LogP contribution in [-0.4, -0.2) is 104 Å². The first-order valence-electron chi connectivity index (χ1n) is 13.2. The number of halogens is 1. The van der Waals surface area contributed by atoms with Crippen molar-refractivity contribution < 1.29 is 19.1 Å². The Balaban J connectivity index is 1.44. The number of aryl methyl sites for hydroxylation is 1. The number of anilines is 1. The average molecular weight is 604 g/mol. The van der Waals surface area contributed by atoms with Crippen LogP contribution in [0.3, 0.4) is 0 Å². The first-order chi connectivity index (χ1) is 18.4. The van der Waals surface area contributed by atoms with E-state index in [1.807, 2.05) is 40.7 Å². The van der Waals surface area contributed by atoms with Gasteiger partial charge in [-0.25, -0.2) is 19.1 Å². The van der Waals surface area contributed by atoms with Gasteiger partial charge in [-0.05, 0) is 57.5 Å². The highest BCUT2D eigenvalue weighted by Gasteiger charge is 2.31. The molecule has 2 fully saturated rings. The molecule has 0 aromatic carbocycles. The lowest BCUT2D eigenvalue weighted by Crippen LogP contribution is -2.52. The second-order valence-electron chi connectivity index (χ2n) is 11.0. The molecule has 0 spiro atoms. The summed E-state index contributed by atoms with van der Waals surface area (Å²) >= 11 is 3.59. The predicted molar refractivity (Wildman–Crippen MR) is 149 cm³/mol. The van der Waals surface area contributed by atoms with Crippen molar-refractivity contribution in [3.05, 3.63) is 28.1 Å². The lowest BCUT2D eigenvalue weighted by molar-refractivity contribution is 0.0169. The molecule has 0 radical (unpaired) electrons. The number of nitrogens with zero attached hydrogens (tertiary/aromatic N) is 8. The Bertz CT molecular complexity index is 1400. The van der Waals surface area contributed by atoms with Crippen molar-refractivity contribution in [3.8, 4) is 11.3 Å². The molecule has 12 nitrogen and oxygen atoms in total. The third kappa shape index (κ3) is 5.33. The molecule has 3 aromatic rings. The lowest BCUT2D eigenvalue weighted by Gasteiger charge is -2.35. The van der Waals surface area contributed by atoms with E-state index in [0.29, 0.717) is 56.4 Å². The Morgan fingerprint density at radius 3 is 2.46 bits per heavy atom. The van der Waals surface area contributed by atoms with Crippen LogP contribution in [0.1, 0.15) is 39.1 Å². The summed E-state index contributed by atoms with van der Waals surface area (Å²) in [4.78, 5) is 36.5. The van der Waals surface area contributed by atoms with E-state index < -0.39 is 5.60 Å². The molecule has 0 bridgehead atoms. The van der Waals surface area contributed by atoms with Crippen LogP contribution in [-0.2, 0) is 9.47 Å².